The number of aliphatic carboxylic acids is 2. The zero-order chi connectivity index (χ0) is 23.2. The molecule has 10 nitrogen and oxygen atoms in total. The van der Waals surface area contributed by atoms with Crippen molar-refractivity contribution in [2.75, 3.05) is 13.2 Å². The summed E-state index contributed by atoms with van der Waals surface area (Å²) in [4.78, 5) is 42.0. The van der Waals surface area contributed by atoms with Crippen LogP contribution in [0.5, 0.6) is 0 Å². The van der Waals surface area contributed by atoms with E-state index in [1.54, 1.807) is 0 Å². The molecule has 2 saturated heterocycles. The summed E-state index contributed by atoms with van der Waals surface area (Å²) in [7, 11) is 0. The van der Waals surface area contributed by atoms with Gasteiger partial charge in [-0.25, -0.2) is 29.1 Å². The van der Waals surface area contributed by atoms with E-state index >= 15 is 0 Å². The molecule has 32 heavy (non-hydrogen) atoms. The third kappa shape index (κ3) is 6.15. The van der Waals surface area contributed by atoms with Crippen LogP contribution in [0.3, 0.4) is 0 Å². The zero-order valence-corrected chi connectivity index (χ0v) is 18.2. The van der Waals surface area contributed by atoms with Gasteiger partial charge in [-0.05, 0) is 25.7 Å². The maximum absolute atomic E-state index is 10.7. The molecule has 2 N–H and O–H groups in total. The summed E-state index contributed by atoms with van der Waals surface area (Å²) in [5.74, 6) is -3.46. The van der Waals surface area contributed by atoms with Gasteiger partial charge in [-0.3, -0.25) is 0 Å². The van der Waals surface area contributed by atoms with Crippen LogP contribution in [0.4, 0.5) is 0 Å². The summed E-state index contributed by atoms with van der Waals surface area (Å²) in [5.41, 5.74) is -0.0729. The molecule has 4 aliphatic rings. The molecule has 0 radical (unpaired) electrons. The average molecular weight is 456 g/mol. The lowest BCUT2D eigenvalue weighted by molar-refractivity contribution is -0.486. The van der Waals surface area contributed by atoms with Gasteiger partial charge in [0.15, 0.2) is 0 Å². The number of rotatable bonds is 4. The van der Waals surface area contributed by atoms with Gasteiger partial charge in [0.1, 0.15) is 12.2 Å². The van der Waals surface area contributed by atoms with Crippen LogP contribution in [0.25, 0.3) is 0 Å². The van der Waals surface area contributed by atoms with Gasteiger partial charge in [0, 0.05) is 25.7 Å². The fourth-order valence-corrected chi connectivity index (χ4v) is 4.08. The number of carbonyl (C=O) groups is 2. The van der Waals surface area contributed by atoms with Gasteiger partial charge in [0.25, 0.3) is 0 Å². The van der Waals surface area contributed by atoms with Crippen molar-refractivity contribution in [3.8, 4) is 0 Å². The highest BCUT2D eigenvalue weighted by molar-refractivity contribution is 5.87. The van der Waals surface area contributed by atoms with Crippen LogP contribution in [0.1, 0.15) is 64.2 Å². The zero-order valence-electron chi connectivity index (χ0n) is 18.2. The number of hydrogen-bond acceptors (Lipinski definition) is 8. The Balaban J connectivity index is 0.000000181. The first-order valence-corrected chi connectivity index (χ1v) is 11.1. The van der Waals surface area contributed by atoms with E-state index in [0.29, 0.717) is 0 Å². The first-order valence-electron chi connectivity index (χ1n) is 11.1. The first kappa shape index (κ1) is 24.8. The summed E-state index contributed by atoms with van der Waals surface area (Å²) < 4.78 is 11.2. The molecular weight excluding hydrogens is 424 g/mol. The predicted octanol–water partition coefficient (Wildman–Crippen LogP) is 3.27. The monoisotopic (exact) mass is 456 g/mol. The molecule has 0 unspecified atom stereocenters. The second kappa shape index (κ2) is 10.9. The van der Waals surface area contributed by atoms with Gasteiger partial charge in [0.2, 0.25) is 11.6 Å². The molecule has 2 heterocycles. The van der Waals surface area contributed by atoms with E-state index < -0.39 is 35.7 Å². The van der Waals surface area contributed by atoms with Gasteiger partial charge in [-0.2, -0.15) is 0 Å². The summed E-state index contributed by atoms with van der Waals surface area (Å²) >= 11 is 0. The van der Waals surface area contributed by atoms with Crippen LogP contribution in [0, 0.1) is 0 Å². The molecule has 2 spiro atoms. The van der Waals surface area contributed by atoms with Crippen molar-refractivity contribution in [2.45, 2.75) is 88.0 Å². The molecule has 4 rings (SSSR count). The van der Waals surface area contributed by atoms with Crippen LogP contribution >= 0.6 is 0 Å². The maximum atomic E-state index is 10.7. The minimum Gasteiger partial charge on any atom is -0.478 e. The highest BCUT2D eigenvalue weighted by Crippen LogP contribution is 2.37. The quantitative estimate of drug-likeness (QED) is 0.480. The van der Waals surface area contributed by atoms with Gasteiger partial charge >= 0.3 is 11.9 Å². The summed E-state index contributed by atoms with van der Waals surface area (Å²) in [6.45, 7) is 7.25. The van der Waals surface area contributed by atoms with E-state index in [2.05, 4.69) is 13.2 Å². The van der Waals surface area contributed by atoms with Crippen molar-refractivity contribution in [3.63, 3.8) is 0 Å². The van der Waals surface area contributed by atoms with Crippen molar-refractivity contribution in [1.82, 2.24) is 0 Å². The number of carboxylic acids is 2. The Labute approximate surface area is 186 Å². The van der Waals surface area contributed by atoms with Crippen molar-refractivity contribution in [3.05, 3.63) is 24.3 Å². The van der Waals surface area contributed by atoms with Gasteiger partial charge < -0.3 is 19.7 Å². The fourth-order valence-electron chi connectivity index (χ4n) is 4.08. The van der Waals surface area contributed by atoms with Gasteiger partial charge in [0.05, 0.1) is 24.4 Å². The van der Waals surface area contributed by atoms with Crippen LogP contribution in [-0.2, 0) is 38.6 Å². The van der Waals surface area contributed by atoms with Crippen molar-refractivity contribution in [2.24, 2.45) is 0 Å². The summed E-state index contributed by atoms with van der Waals surface area (Å²) in [6, 6.07) is 0. The lowest BCUT2D eigenvalue weighted by atomic mass is 9.94. The normalized spacial score (nSPS) is 28.9. The molecule has 2 aliphatic heterocycles. The van der Waals surface area contributed by atoms with E-state index in [-0.39, 0.29) is 24.4 Å². The van der Waals surface area contributed by atoms with E-state index in [0.717, 1.165) is 51.4 Å². The van der Waals surface area contributed by atoms with Crippen LogP contribution in [-0.4, -0.2) is 59.1 Å². The fraction of sp³-hybridized carbons (Fsp3) is 0.727. The van der Waals surface area contributed by atoms with Crippen molar-refractivity contribution < 1.29 is 48.8 Å². The molecule has 0 aromatic heterocycles. The molecule has 0 aromatic rings. The minimum absolute atomic E-state index is 0.0364. The van der Waals surface area contributed by atoms with Gasteiger partial charge in [-0.15, -0.1) is 0 Å². The molecule has 10 heteroatoms. The maximum Gasteiger partial charge on any atom is 0.333 e. The second-order valence-corrected chi connectivity index (χ2v) is 8.56. The summed E-state index contributed by atoms with van der Waals surface area (Å²) in [5, 5.41) is 17.5. The standard InChI is InChI=1S/2C11H16O5/c2*1-8(10(12)13)9-7-14-11(16-15-9)5-3-2-4-6-11/h2*9H,1-7H2,(H,12,13)/t2*9-/m10/s1. The molecule has 2 atom stereocenters. The Morgan fingerprint density at radius 1 is 0.656 bits per heavy atom. The third-order valence-corrected chi connectivity index (χ3v) is 6.19. The number of carboxylic acid groups (broad SMARTS) is 2. The first-order chi connectivity index (χ1) is 15.3. The number of ether oxygens (including phenoxy) is 2. The Bertz CT molecular complexity index is 626. The Morgan fingerprint density at radius 2 is 1.00 bits per heavy atom. The van der Waals surface area contributed by atoms with Crippen LogP contribution in [0.2, 0.25) is 0 Å². The van der Waals surface area contributed by atoms with Crippen LogP contribution < -0.4 is 0 Å². The molecule has 0 amide bonds. The smallest absolute Gasteiger partial charge is 0.333 e. The topological polar surface area (TPSA) is 130 Å². The predicted molar refractivity (Wildman–Crippen MR) is 109 cm³/mol. The Morgan fingerprint density at radius 3 is 1.25 bits per heavy atom. The van der Waals surface area contributed by atoms with Gasteiger partial charge in [-0.1, -0.05) is 26.0 Å². The Hall–Kier alpha value is -1.82. The molecule has 2 aliphatic carbocycles. The van der Waals surface area contributed by atoms with Crippen molar-refractivity contribution >= 4 is 11.9 Å². The minimum atomic E-state index is -1.09. The van der Waals surface area contributed by atoms with E-state index in [9.17, 15) is 9.59 Å². The van der Waals surface area contributed by atoms with E-state index in [1.807, 2.05) is 0 Å². The van der Waals surface area contributed by atoms with Crippen LogP contribution in [0.15, 0.2) is 24.3 Å². The second-order valence-electron chi connectivity index (χ2n) is 8.56. The lowest BCUT2D eigenvalue weighted by Crippen LogP contribution is -2.47. The molecule has 0 bridgehead atoms. The van der Waals surface area contributed by atoms with E-state index in [1.165, 1.54) is 12.8 Å². The average Bonchev–Trinajstić information content (AvgIpc) is 2.81. The molecule has 0 aromatic carbocycles. The molecule has 180 valence electrons. The highest BCUT2D eigenvalue weighted by atomic mass is 17.2. The highest BCUT2D eigenvalue weighted by Gasteiger charge is 2.43. The molecule has 4 fully saturated rings. The van der Waals surface area contributed by atoms with Crippen molar-refractivity contribution in [1.29, 1.82) is 0 Å². The lowest BCUT2D eigenvalue weighted by Gasteiger charge is -2.40. The molecule has 2 saturated carbocycles. The number of hydrogen-bond donors (Lipinski definition) is 2. The largest absolute Gasteiger partial charge is 0.478 e. The molecular formula is C22H32O10. The third-order valence-electron chi connectivity index (χ3n) is 6.19. The Kier molecular flexibility index (Phi) is 8.43. The van der Waals surface area contributed by atoms with E-state index in [4.69, 9.17) is 39.2 Å². The summed E-state index contributed by atoms with van der Waals surface area (Å²) in [6.07, 6.45) is 8.37. The SMILES string of the molecule is C=C(C(=O)O)[C@@H]1COC2(CCCCC2)OO1.C=C(C(=O)O)[C@H]1COC2(CCCCC2)OO1.